The molecule has 4 aromatic rings. The van der Waals surface area contributed by atoms with Gasteiger partial charge in [0.1, 0.15) is 16.8 Å². The third-order valence-corrected chi connectivity index (χ3v) is 6.57. The van der Waals surface area contributed by atoms with Gasteiger partial charge in [0, 0.05) is 23.1 Å². The van der Waals surface area contributed by atoms with E-state index in [-0.39, 0.29) is 0 Å². The van der Waals surface area contributed by atoms with Crippen molar-refractivity contribution in [3.05, 3.63) is 70.5 Å². The second kappa shape index (κ2) is 7.90. The molecule has 30 heavy (non-hydrogen) atoms. The van der Waals surface area contributed by atoms with Gasteiger partial charge in [-0.3, -0.25) is 4.90 Å². The van der Waals surface area contributed by atoms with E-state index in [9.17, 15) is 0 Å². The van der Waals surface area contributed by atoms with E-state index >= 15 is 0 Å². The van der Waals surface area contributed by atoms with E-state index in [2.05, 4.69) is 63.5 Å². The predicted octanol–water partition coefficient (Wildman–Crippen LogP) is 5.28. The van der Waals surface area contributed by atoms with Crippen LogP contribution in [0, 0.1) is 18.3 Å². The van der Waals surface area contributed by atoms with Gasteiger partial charge >= 0.3 is 0 Å². The summed E-state index contributed by atoms with van der Waals surface area (Å²) in [5.74, 6) is 0.764. The third kappa shape index (κ3) is 3.56. The number of hydrogen-bond acceptors (Lipinski definition) is 6. The quantitative estimate of drug-likeness (QED) is 0.464. The Bertz CT molecular complexity index is 1230. The van der Waals surface area contributed by atoms with Crippen LogP contribution in [0.25, 0.3) is 10.9 Å². The first kappa shape index (κ1) is 18.8. The largest absolute Gasteiger partial charge is 0.357 e. The number of H-pyrrole nitrogens is 1. The van der Waals surface area contributed by atoms with E-state index in [1.165, 1.54) is 39.9 Å². The molecule has 0 spiro atoms. The summed E-state index contributed by atoms with van der Waals surface area (Å²) in [4.78, 5) is 15.8. The van der Waals surface area contributed by atoms with E-state index < -0.39 is 0 Å². The van der Waals surface area contributed by atoms with Crippen molar-refractivity contribution in [2.45, 2.75) is 32.4 Å². The van der Waals surface area contributed by atoms with Crippen molar-refractivity contribution in [2.75, 3.05) is 11.9 Å². The number of aromatic amines is 1. The Morgan fingerprint density at radius 2 is 2.17 bits per heavy atom. The molecule has 2 N–H and O–H groups in total. The number of hydrogen-bond donors (Lipinski definition) is 2. The maximum atomic E-state index is 8.99. The van der Waals surface area contributed by atoms with Crippen molar-refractivity contribution in [2.24, 2.45) is 0 Å². The van der Waals surface area contributed by atoms with Gasteiger partial charge in [-0.05, 0) is 50.1 Å². The smallest absolute Gasteiger partial charge is 0.189 e. The molecule has 1 aliphatic heterocycles. The zero-order valence-corrected chi connectivity index (χ0v) is 17.5. The third-order valence-electron chi connectivity index (χ3n) is 5.76. The summed E-state index contributed by atoms with van der Waals surface area (Å²) in [5.41, 5.74) is 4.88. The van der Waals surface area contributed by atoms with Crippen LogP contribution in [0.4, 0.5) is 10.9 Å². The van der Waals surface area contributed by atoms with Crippen molar-refractivity contribution in [1.29, 1.82) is 5.26 Å². The number of nitrogens with zero attached hydrogens (tertiary/aromatic N) is 4. The highest BCUT2D eigenvalue weighted by molar-refractivity contribution is 7.16. The summed E-state index contributed by atoms with van der Waals surface area (Å²) in [6, 6.07) is 17.0. The van der Waals surface area contributed by atoms with Crippen molar-refractivity contribution in [3.63, 3.8) is 0 Å². The molecule has 5 rings (SSSR count). The topological polar surface area (TPSA) is 80.6 Å². The molecule has 0 saturated carbocycles. The van der Waals surface area contributed by atoms with Gasteiger partial charge in [0.15, 0.2) is 5.13 Å². The Labute approximate surface area is 179 Å². The first-order chi connectivity index (χ1) is 14.7. The van der Waals surface area contributed by atoms with Gasteiger partial charge < -0.3 is 10.3 Å². The second-order valence-corrected chi connectivity index (χ2v) is 8.65. The molecule has 1 fully saturated rings. The minimum Gasteiger partial charge on any atom is -0.357 e. The van der Waals surface area contributed by atoms with Gasteiger partial charge in [0.2, 0.25) is 0 Å². The van der Waals surface area contributed by atoms with Crippen LogP contribution in [-0.2, 0) is 6.54 Å². The summed E-state index contributed by atoms with van der Waals surface area (Å²) in [7, 11) is 0. The number of anilines is 2. The van der Waals surface area contributed by atoms with Crippen LogP contribution in [0.1, 0.15) is 40.7 Å². The molecule has 3 aromatic heterocycles. The fourth-order valence-corrected chi connectivity index (χ4v) is 4.87. The van der Waals surface area contributed by atoms with Crippen molar-refractivity contribution in [3.8, 4) is 6.07 Å². The van der Waals surface area contributed by atoms with Gasteiger partial charge in [0.25, 0.3) is 0 Å². The number of nitrogens with one attached hydrogen (secondary N) is 2. The van der Waals surface area contributed by atoms with E-state index in [1.54, 1.807) is 6.20 Å². The predicted molar refractivity (Wildman–Crippen MR) is 120 cm³/mol. The molecular weight excluding hydrogens is 392 g/mol. The van der Waals surface area contributed by atoms with Crippen molar-refractivity contribution < 1.29 is 0 Å². The molecule has 1 atom stereocenters. The molecule has 1 unspecified atom stereocenters. The minimum atomic E-state index is 0.295. The average molecular weight is 415 g/mol. The van der Waals surface area contributed by atoms with Gasteiger partial charge in [-0.15, -0.1) is 0 Å². The highest BCUT2D eigenvalue weighted by atomic mass is 32.1. The molecule has 6 nitrogen and oxygen atoms in total. The lowest BCUT2D eigenvalue weighted by Crippen LogP contribution is -2.24. The first-order valence-electron chi connectivity index (χ1n) is 10.1. The number of fused-ring (bicyclic) bond motifs is 1. The van der Waals surface area contributed by atoms with Crippen LogP contribution >= 0.6 is 11.3 Å². The molecule has 7 heteroatoms. The number of aromatic nitrogens is 3. The molecule has 1 saturated heterocycles. The van der Waals surface area contributed by atoms with Crippen LogP contribution in [0.15, 0.2) is 48.7 Å². The zero-order valence-electron chi connectivity index (χ0n) is 16.7. The summed E-state index contributed by atoms with van der Waals surface area (Å²) in [6.07, 6.45) is 3.85. The van der Waals surface area contributed by atoms with Crippen LogP contribution in [-0.4, -0.2) is 26.4 Å². The number of likely N-dealkylation sites (tertiary alicyclic amines) is 1. The Kier molecular flexibility index (Phi) is 4.95. The Morgan fingerprint density at radius 1 is 1.27 bits per heavy atom. The molecule has 1 aromatic carbocycles. The Hall–Kier alpha value is -3.21. The van der Waals surface area contributed by atoms with Crippen LogP contribution in [0.3, 0.4) is 0 Å². The molecule has 0 aliphatic carbocycles. The fraction of sp³-hybridized carbons (Fsp3) is 0.261. The number of aryl methyl sites for hydroxylation is 1. The number of nitriles is 1. The van der Waals surface area contributed by atoms with E-state index in [4.69, 9.17) is 10.2 Å². The molecule has 150 valence electrons. The van der Waals surface area contributed by atoms with Crippen molar-refractivity contribution >= 4 is 33.2 Å². The highest BCUT2D eigenvalue weighted by Crippen LogP contribution is 2.34. The summed E-state index contributed by atoms with van der Waals surface area (Å²) < 4.78 is 0. The lowest BCUT2D eigenvalue weighted by atomic mass is 10.1. The van der Waals surface area contributed by atoms with Gasteiger partial charge in [-0.2, -0.15) is 5.26 Å². The number of para-hydroxylation sites is 1. The molecule has 4 heterocycles. The summed E-state index contributed by atoms with van der Waals surface area (Å²) in [6.45, 7) is 4.16. The molecular formula is C23H22N6S. The molecule has 0 radical (unpaired) electrons. The average Bonchev–Trinajstić information content (AvgIpc) is 3.49. The van der Waals surface area contributed by atoms with Crippen molar-refractivity contribution in [1.82, 2.24) is 19.9 Å². The van der Waals surface area contributed by atoms with Crippen LogP contribution in [0.2, 0.25) is 0 Å². The van der Waals surface area contributed by atoms with E-state index in [0.717, 1.165) is 31.0 Å². The fourth-order valence-electron chi connectivity index (χ4n) is 4.25. The lowest BCUT2D eigenvalue weighted by Gasteiger charge is -2.24. The number of thiazole rings is 1. The number of pyridine rings is 1. The Morgan fingerprint density at radius 3 is 3.00 bits per heavy atom. The number of rotatable bonds is 5. The molecule has 0 bridgehead atoms. The maximum absolute atomic E-state index is 8.99. The summed E-state index contributed by atoms with van der Waals surface area (Å²) in [5, 5.41) is 14.2. The Balaban J connectivity index is 1.37. The van der Waals surface area contributed by atoms with Gasteiger partial charge in [-0.25, -0.2) is 9.97 Å². The van der Waals surface area contributed by atoms with Gasteiger partial charge in [0.05, 0.1) is 17.9 Å². The maximum Gasteiger partial charge on any atom is 0.189 e. The second-order valence-electron chi connectivity index (χ2n) is 7.62. The van der Waals surface area contributed by atoms with Crippen LogP contribution < -0.4 is 5.32 Å². The number of benzene rings is 1. The first-order valence-corrected chi connectivity index (χ1v) is 10.9. The van der Waals surface area contributed by atoms with Gasteiger partial charge in [-0.1, -0.05) is 35.6 Å². The standard InChI is InChI=1S/C23H22N6S/c1-15-17-6-2-3-7-18(17)26-20(15)14-29-11-5-9-21(29)19-8-4-10-22(27-19)28-23-25-13-16(12-24)30-23/h2-4,6-8,10,13,21,26H,5,9,11,14H2,1H3,(H,25,27,28). The van der Waals surface area contributed by atoms with E-state index in [1.807, 2.05) is 12.1 Å². The highest BCUT2D eigenvalue weighted by Gasteiger charge is 2.28. The summed E-state index contributed by atoms with van der Waals surface area (Å²) >= 11 is 1.33. The molecule has 0 amide bonds. The van der Waals surface area contributed by atoms with E-state index in [0.29, 0.717) is 16.1 Å². The lowest BCUT2D eigenvalue weighted by molar-refractivity contribution is 0.242. The normalized spacial score (nSPS) is 16.7. The SMILES string of the molecule is Cc1c(CN2CCCC2c2cccc(Nc3ncc(C#N)s3)n2)[nH]c2ccccc12. The zero-order chi connectivity index (χ0) is 20.5. The monoisotopic (exact) mass is 414 g/mol. The van der Waals surface area contributed by atoms with Crippen LogP contribution in [0.5, 0.6) is 0 Å². The minimum absolute atomic E-state index is 0.295. The molecule has 1 aliphatic rings.